The molecule has 1 aliphatic heterocycles. The Morgan fingerprint density at radius 3 is 2.42 bits per heavy atom. The van der Waals surface area contributed by atoms with Crippen LogP contribution in [0, 0.1) is 0 Å². The van der Waals surface area contributed by atoms with Crippen LogP contribution >= 0.6 is 0 Å². The lowest BCUT2D eigenvalue weighted by Gasteiger charge is -2.36. The van der Waals surface area contributed by atoms with Crippen molar-refractivity contribution in [1.82, 2.24) is 4.90 Å². The van der Waals surface area contributed by atoms with Crippen LogP contribution in [0.3, 0.4) is 0 Å². The Kier molecular flexibility index (Phi) is 5.91. The molecule has 1 amide bonds. The maximum absolute atomic E-state index is 14.4. The molecule has 0 unspecified atom stereocenters. The van der Waals surface area contributed by atoms with Crippen molar-refractivity contribution in [1.29, 1.82) is 0 Å². The van der Waals surface area contributed by atoms with Gasteiger partial charge >= 0.3 is 18.0 Å². The van der Waals surface area contributed by atoms with E-state index in [-0.39, 0.29) is 18.7 Å². The molecule has 0 aliphatic carbocycles. The zero-order valence-electron chi connectivity index (χ0n) is 14.5. The van der Waals surface area contributed by atoms with Gasteiger partial charge in [-0.15, -0.1) is 0 Å². The number of hydrogen-bond acceptors (Lipinski definition) is 6. The third kappa shape index (κ3) is 4.65. The molecule has 7 nitrogen and oxygen atoms in total. The summed E-state index contributed by atoms with van der Waals surface area (Å²) in [5.74, 6) is -4.40. The highest BCUT2D eigenvalue weighted by Gasteiger charge is 2.47. The van der Waals surface area contributed by atoms with Crippen molar-refractivity contribution in [2.75, 3.05) is 26.7 Å². The fourth-order valence-electron chi connectivity index (χ4n) is 2.16. The standard InChI is InChI=1S/C15H23F2N3O4/c1-6-23-12(21)10(18)9-7-20(13(22)24-14(2,3)4)8-15(16,17)11(9)19-5/h6-8,18H2,1-5H3/b10-9-,19-11?. The first-order chi connectivity index (χ1) is 10.9. The normalized spacial score (nSPS) is 21.5. The molecule has 0 atom stereocenters. The van der Waals surface area contributed by atoms with Gasteiger partial charge in [0, 0.05) is 12.6 Å². The minimum absolute atomic E-state index is 0.0393. The summed E-state index contributed by atoms with van der Waals surface area (Å²) in [6, 6.07) is 0. The van der Waals surface area contributed by atoms with Crippen LogP contribution in [-0.2, 0) is 14.3 Å². The first-order valence-electron chi connectivity index (χ1n) is 7.42. The molecular formula is C15H23F2N3O4. The van der Waals surface area contributed by atoms with Crippen LogP contribution in [0.1, 0.15) is 27.7 Å². The van der Waals surface area contributed by atoms with Gasteiger partial charge in [0.15, 0.2) is 0 Å². The van der Waals surface area contributed by atoms with Gasteiger partial charge in [0.1, 0.15) is 17.0 Å². The number of piperidine rings is 1. The summed E-state index contributed by atoms with van der Waals surface area (Å²) in [5, 5.41) is 0. The van der Waals surface area contributed by atoms with Crippen LogP contribution in [-0.4, -0.2) is 60.9 Å². The fraction of sp³-hybridized carbons (Fsp3) is 0.667. The third-order valence-corrected chi connectivity index (χ3v) is 3.07. The topological polar surface area (TPSA) is 94.2 Å². The number of carbonyl (C=O) groups is 2. The first-order valence-corrected chi connectivity index (χ1v) is 7.42. The second kappa shape index (κ2) is 7.14. The molecule has 0 spiro atoms. The number of aliphatic imine (C=N–C) groups is 1. The van der Waals surface area contributed by atoms with Crippen molar-refractivity contribution >= 4 is 17.8 Å². The zero-order valence-corrected chi connectivity index (χ0v) is 14.5. The smallest absolute Gasteiger partial charge is 0.410 e. The maximum atomic E-state index is 14.4. The monoisotopic (exact) mass is 347 g/mol. The maximum Gasteiger partial charge on any atom is 0.410 e. The number of carbonyl (C=O) groups excluding carboxylic acids is 2. The number of rotatable bonds is 2. The number of likely N-dealkylation sites (tertiary alicyclic amines) is 1. The molecule has 2 N–H and O–H groups in total. The molecule has 1 aliphatic rings. The van der Waals surface area contributed by atoms with Crippen LogP contribution in [0.5, 0.6) is 0 Å². The van der Waals surface area contributed by atoms with Crippen LogP contribution in [0.4, 0.5) is 13.6 Å². The molecule has 0 bridgehead atoms. The van der Waals surface area contributed by atoms with Gasteiger partial charge in [-0.1, -0.05) is 0 Å². The molecule has 136 valence electrons. The van der Waals surface area contributed by atoms with Crippen LogP contribution in [0.2, 0.25) is 0 Å². The Bertz CT molecular complexity index is 580. The summed E-state index contributed by atoms with van der Waals surface area (Å²) in [5.41, 5.74) is 3.46. The van der Waals surface area contributed by atoms with E-state index in [0.717, 1.165) is 4.90 Å². The van der Waals surface area contributed by atoms with E-state index in [1.807, 2.05) is 0 Å². The Morgan fingerprint density at radius 1 is 1.38 bits per heavy atom. The second-order valence-electron chi connectivity index (χ2n) is 6.23. The van der Waals surface area contributed by atoms with Gasteiger partial charge in [-0.25, -0.2) is 9.59 Å². The van der Waals surface area contributed by atoms with E-state index < -0.39 is 41.5 Å². The van der Waals surface area contributed by atoms with E-state index in [9.17, 15) is 18.4 Å². The van der Waals surface area contributed by atoms with Gasteiger partial charge < -0.3 is 15.2 Å². The number of nitrogens with two attached hydrogens (primary N) is 1. The van der Waals surface area contributed by atoms with Gasteiger partial charge in [0.2, 0.25) is 0 Å². The predicted octanol–water partition coefficient (Wildman–Crippen LogP) is 1.72. The highest BCUT2D eigenvalue weighted by atomic mass is 19.3. The van der Waals surface area contributed by atoms with Gasteiger partial charge in [0.05, 0.1) is 19.7 Å². The number of hydrogen-bond donors (Lipinski definition) is 1. The van der Waals surface area contributed by atoms with Crippen molar-refractivity contribution in [2.24, 2.45) is 10.7 Å². The molecule has 0 radical (unpaired) electrons. The quantitative estimate of drug-likeness (QED) is 0.606. The molecule has 0 aromatic rings. The van der Waals surface area contributed by atoms with Crippen molar-refractivity contribution in [3.8, 4) is 0 Å². The number of nitrogens with zero attached hydrogens (tertiary/aromatic N) is 2. The molecule has 1 fully saturated rings. The lowest BCUT2D eigenvalue weighted by atomic mass is 9.96. The summed E-state index contributed by atoms with van der Waals surface area (Å²) in [6.45, 7) is 5.24. The summed E-state index contributed by atoms with van der Waals surface area (Å²) in [7, 11) is 1.17. The molecular weight excluding hydrogens is 324 g/mol. The molecule has 0 saturated carbocycles. The SMILES string of the molecule is CCOC(=O)/C(N)=C1\CN(C(=O)OC(C)(C)C)CC(F)(F)C1=NC. The third-order valence-electron chi connectivity index (χ3n) is 3.07. The van der Waals surface area contributed by atoms with Crippen molar-refractivity contribution in [3.63, 3.8) is 0 Å². The number of alkyl halides is 2. The highest BCUT2D eigenvalue weighted by Crippen LogP contribution is 2.30. The molecule has 0 aromatic carbocycles. The minimum Gasteiger partial charge on any atom is -0.461 e. The molecule has 1 rings (SSSR count). The van der Waals surface area contributed by atoms with Gasteiger partial charge in [-0.3, -0.25) is 9.89 Å². The van der Waals surface area contributed by atoms with E-state index in [0.29, 0.717) is 0 Å². The number of halogens is 2. The van der Waals surface area contributed by atoms with Gasteiger partial charge in [-0.2, -0.15) is 8.78 Å². The van der Waals surface area contributed by atoms with Crippen LogP contribution in [0.15, 0.2) is 16.3 Å². The lowest BCUT2D eigenvalue weighted by molar-refractivity contribution is -0.138. The Labute approximate surface area is 139 Å². The Hall–Kier alpha value is -2.19. The minimum atomic E-state index is -3.46. The lowest BCUT2D eigenvalue weighted by Crippen LogP contribution is -2.54. The summed E-state index contributed by atoms with van der Waals surface area (Å²) in [6.07, 6.45) is -0.925. The Balaban J connectivity index is 3.23. The van der Waals surface area contributed by atoms with E-state index in [1.54, 1.807) is 27.7 Å². The van der Waals surface area contributed by atoms with Crippen molar-refractivity contribution in [3.05, 3.63) is 11.3 Å². The van der Waals surface area contributed by atoms with E-state index in [2.05, 4.69) is 4.99 Å². The first kappa shape index (κ1) is 19.9. The summed E-state index contributed by atoms with van der Waals surface area (Å²) < 4.78 is 38.5. The largest absolute Gasteiger partial charge is 0.461 e. The highest BCUT2D eigenvalue weighted by molar-refractivity contribution is 6.11. The van der Waals surface area contributed by atoms with E-state index in [4.69, 9.17) is 15.2 Å². The molecule has 1 heterocycles. The van der Waals surface area contributed by atoms with Crippen molar-refractivity contribution in [2.45, 2.75) is 39.2 Å². The van der Waals surface area contributed by atoms with Gasteiger partial charge in [-0.05, 0) is 27.7 Å². The molecule has 24 heavy (non-hydrogen) atoms. The number of ether oxygens (including phenoxy) is 2. The average molecular weight is 347 g/mol. The Morgan fingerprint density at radius 2 is 1.96 bits per heavy atom. The van der Waals surface area contributed by atoms with Crippen LogP contribution in [0.25, 0.3) is 0 Å². The summed E-state index contributed by atoms with van der Waals surface area (Å²) in [4.78, 5) is 28.2. The predicted molar refractivity (Wildman–Crippen MR) is 84.0 cm³/mol. The number of amides is 1. The average Bonchev–Trinajstić information content (AvgIpc) is 2.43. The second-order valence-corrected chi connectivity index (χ2v) is 6.23. The van der Waals surface area contributed by atoms with E-state index >= 15 is 0 Å². The summed E-state index contributed by atoms with van der Waals surface area (Å²) >= 11 is 0. The molecule has 1 saturated heterocycles. The fourth-order valence-corrected chi connectivity index (χ4v) is 2.16. The van der Waals surface area contributed by atoms with Crippen molar-refractivity contribution < 1.29 is 27.8 Å². The molecule has 0 aromatic heterocycles. The zero-order chi connectivity index (χ0) is 18.7. The molecule has 9 heteroatoms. The van der Waals surface area contributed by atoms with E-state index in [1.165, 1.54) is 7.05 Å². The number of esters is 1. The van der Waals surface area contributed by atoms with Gasteiger partial charge in [0.25, 0.3) is 0 Å². The van der Waals surface area contributed by atoms with Crippen LogP contribution < -0.4 is 5.73 Å².